The van der Waals surface area contributed by atoms with Crippen molar-refractivity contribution in [3.63, 3.8) is 0 Å². The summed E-state index contributed by atoms with van der Waals surface area (Å²) in [5.41, 5.74) is 10.7. The predicted octanol–water partition coefficient (Wildman–Crippen LogP) is 3.07. The highest BCUT2D eigenvalue weighted by molar-refractivity contribution is 5.63. The Balaban J connectivity index is 1.98. The lowest BCUT2D eigenvalue weighted by Crippen LogP contribution is -2.13. The first-order valence-electron chi connectivity index (χ1n) is 6.73. The Kier molecular flexibility index (Phi) is 2.90. The molecule has 2 N–H and O–H groups in total. The van der Waals surface area contributed by atoms with Gasteiger partial charge in [0.25, 0.3) is 5.89 Å². The molecule has 0 spiro atoms. The van der Waals surface area contributed by atoms with Crippen molar-refractivity contribution < 1.29 is 4.52 Å². The van der Waals surface area contributed by atoms with Crippen LogP contribution in [0.25, 0.3) is 11.5 Å². The number of hydrogen-bond donors (Lipinski definition) is 1. The predicted molar refractivity (Wildman–Crippen MR) is 73.6 cm³/mol. The number of hydrogen-bond acceptors (Lipinski definition) is 4. The van der Waals surface area contributed by atoms with E-state index >= 15 is 0 Å². The lowest BCUT2D eigenvalue weighted by atomic mass is 10.00. The highest BCUT2D eigenvalue weighted by atomic mass is 16.5. The van der Waals surface area contributed by atoms with Crippen molar-refractivity contribution in [1.29, 1.82) is 0 Å². The molecule has 1 atom stereocenters. The molecule has 0 radical (unpaired) electrons. The van der Waals surface area contributed by atoms with E-state index in [1.54, 1.807) is 0 Å². The Labute approximate surface area is 113 Å². The van der Waals surface area contributed by atoms with Crippen molar-refractivity contribution in [3.8, 4) is 11.5 Å². The number of rotatable bonds is 3. The second-order valence-corrected chi connectivity index (χ2v) is 5.59. The molecule has 1 unspecified atom stereocenters. The van der Waals surface area contributed by atoms with Gasteiger partial charge >= 0.3 is 0 Å². The van der Waals surface area contributed by atoms with E-state index < -0.39 is 0 Å². The van der Waals surface area contributed by atoms with E-state index in [0.29, 0.717) is 17.6 Å². The van der Waals surface area contributed by atoms with E-state index in [0.717, 1.165) is 16.7 Å². The van der Waals surface area contributed by atoms with Crippen molar-refractivity contribution >= 4 is 0 Å². The van der Waals surface area contributed by atoms with E-state index in [2.05, 4.69) is 43.0 Å². The van der Waals surface area contributed by atoms with E-state index in [4.69, 9.17) is 10.3 Å². The Morgan fingerprint density at radius 1 is 1.21 bits per heavy atom. The molecule has 100 valence electrons. The van der Waals surface area contributed by atoms with Crippen molar-refractivity contribution in [3.05, 3.63) is 34.6 Å². The average molecular weight is 257 g/mol. The second-order valence-electron chi connectivity index (χ2n) is 5.59. The van der Waals surface area contributed by atoms with Crippen molar-refractivity contribution in [2.75, 3.05) is 0 Å². The van der Waals surface area contributed by atoms with Gasteiger partial charge in [0.15, 0.2) is 5.82 Å². The first kappa shape index (κ1) is 12.4. The van der Waals surface area contributed by atoms with Gasteiger partial charge in [0.1, 0.15) is 0 Å². The molecule has 1 aromatic heterocycles. The third-order valence-electron chi connectivity index (χ3n) is 3.76. The zero-order valence-electron chi connectivity index (χ0n) is 11.6. The van der Waals surface area contributed by atoms with Crippen LogP contribution in [0.15, 0.2) is 16.7 Å². The molecule has 1 heterocycles. The Morgan fingerprint density at radius 2 is 1.84 bits per heavy atom. The minimum atomic E-state index is -0.0800. The first-order valence-corrected chi connectivity index (χ1v) is 6.73. The highest BCUT2D eigenvalue weighted by Crippen LogP contribution is 2.39. The largest absolute Gasteiger partial charge is 0.334 e. The number of nitrogens with two attached hydrogens (primary N) is 1. The number of nitrogens with zero attached hydrogens (tertiary/aromatic N) is 2. The van der Waals surface area contributed by atoms with Crippen LogP contribution in [0.1, 0.15) is 41.4 Å². The van der Waals surface area contributed by atoms with Crippen LogP contribution < -0.4 is 5.73 Å². The second kappa shape index (κ2) is 4.46. The van der Waals surface area contributed by atoms with Crippen molar-refractivity contribution in [2.24, 2.45) is 11.7 Å². The van der Waals surface area contributed by atoms with Gasteiger partial charge in [-0.3, -0.25) is 0 Å². The molecule has 2 aromatic rings. The van der Waals surface area contributed by atoms with Gasteiger partial charge in [-0.15, -0.1) is 0 Å². The smallest absolute Gasteiger partial charge is 0.258 e. The van der Waals surface area contributed by atoms with Crippen molar-refractivity contribution in [2.45, 2.75) is 39.7 Å². The molecule has 0 amide bonds. The summed E-state index contributed by atoms with van der Waals surface area (Å²) in [6, 6.07) is 4.18. The van der Waals surface area contributed by atoms with Crippen LogP contribution in [-0.2, 0) is 0 Å². The molecule has 1 saturated carbocycles. The lowest BCUT2D eigenvalue weighted by molar-refractivity contribution is 0.411. The molecular weight excluding hydrogens is 238 g/mol. The van der Waals surface area contributed by atoms with Crippen LogP contribution >= 0.6 is 0 Å². The maximum atomic E-state index is 6.11. The Morgan fingerprint density at radius 3 is 2.42 bits per heavy atom. The zero-order chi connectivity index (χ0) is 13.6. The number of benzene rings is 1. The molecule has 1 aliphatic rings. The number of aryl methyl sites for hydroxylation is 3. The van der Waals surface area contributed by atoms with Crippen LogP contribution in [0, 0.1) is 26.7 Å². The van der Waals surface area contributed by atoms with Gasteiger partial charge in [0.05, 0.1) is 6.04 Å². The molecule has 0 aliphatic heterocycles. The minimum absolute atomic E-state index is 0.0800. The maximum absolute atomic E-state index is 6.11. The summed E-state index contributed by atoms with van der Waals surface area (Å²) in [4.78, 5) is 4.49. The van der Waals surface area contributed by atoms with Gasteiger partial charge in [-0.1, -0.05) is 22.9 Å². The third kappa shape index (κ3) is 2.28. The van der Waals surface area contributed by atoms with Gasteiger partial charge in [-0.05, 0) is 50.7 Å². The van der Waals surface area contributed by atoms with Crippen LogP contribution in [0.2, 0.25) is 0 Å². The summed E-state index contributed by atoms with van der Waals surface area (Å²) in [7, 11) is 0. The Bertz CT molecular complexity index is 591. The highest BCUT2D eigenvalue weighted by Gasteiger charge is 2.32. The SMILES string of the molecule is Cc1cc(C)c(-c2nc(C(N)C3CC3)no2)c(C)c1. The number of aromatic nitrogens is 2. The molecule has 1 aliphatic carbocycles. The summed E-state index contributed by atoms with van der Waals surface area (Å²) < 4.78 is 5.41. The molecule has 19 heavy (non-hydrogen) atoms. The molecule has 3 rings (SSSR count). The fraction of sp³-hybridized carbons (Fsp3) is 0.467. The molecule has 1 aromatic carbocycles. The van der Waals surface area contributed by atoms with Gasteiger partial charge < -0.3 is 10.3 Å². The van der Waals surface area contributed by atoms with E-state index in [-0.39, 0.29) is 6.04 Å². The summed E-state index contributed by atoms with van der Waals surface area (Å²) in [6.07, 6.45) is 2.35. The fourth-order valence-electron chi connectivity index (χ4n) is 2.66. The normalized spacial score (nSPS) is 16.6. The molecule has 4 heteroatoms. The van der Waals surface area contributed by atoms with E-state index in [9.17, 15) is 0 Å². The fourth-order valence-corrected chi connectivity index (χ4v) is 2.66. The van der Waals surface area contributed by atoms with Gasteiger partial charge in [-0.25, -0.2) is 0 Å². The molecule has 1 fully saturated rings. The maximum Gasteiger partial charge on any atom is 0.258 e. The van der Waals surface area contributed by atoms with E-state index in [1.807, 2.05) is 0 Å². The standard InChI is InChI=1S/C15H19N3O/c1-8-6-9(2)12(10(3)7-8)15-17-14(18-19-15)13(16)11-4-5-11/h6-7,11,13H,4-5,16H2,1-3H3. The molecule has 0 bridgehead atoms. The minimum Gasteiger partial charge on any atom is -0.334 e. The van der Waals surface area contributed by atoms with Crippen LogP contribution in [0.3, 0.4) is 0 Å². The average Bonchev–Trinajstić information content (AvgIpc) is 3.07. The van der Waals surface area contributed by atoms with Crippen LogP contribution in [-0.4, -0.2) is 10.1 Å². The zero-order valence-corrected chi connectivity index (χ0v) is 11.6. The van der Waals surface area contributed by atoms with Gasteiger partial charge in [-0.2, -0.15) is 4.98 Å². The Hall–Kier alpha value is -1.68. The molecule has 0 saturated heterocycles. The van der Waals surface area contributed by atoms with Crippen molar-refractivity contribution in [1.82, 2.24) is 10.1 Å². The topological polar surface area (TPSA) is 64.9 Å². The molecular formula is C15H19N3O. The quantitative estimate of drug-likeness (QED) is 0.917. The summed E-state index contributed by atoms with van der Waals surface area (Å²) in [5, 5.41) is 4.05. The molecule has 4 nitrogen and oxygen atoms in total. The lowest BCUT2D eigenvalue weighted by Gasteiger charge is -2.07. The summed E-state index contributed by atoms with van der Waals surface area (Å²) in [6.45, 7) is 6.23. The summed E-state index contributed by atoms with van der Waals surface area (Å²) in [5.74, 6) is 1.75. The van der Waals surface area contributed by atoms with Gasteiger partial charge in [0.2, 0.25) is 0 Å². The third-order valence-corrected chi connectivity index (χ3v) is 3.76. The van der Waals surface area contributed by atoms with Crippen LogP contribution in [0.5, 0.6) is 0 Å². The van der Waals surface area contributed by atoms with Crippen LogP contribution in [0.4, 0.5) is 0 Å². The van der Waals surface area contributed by atoms with E-state index in [1.165, 1.54) is 18.4 Å². The first-order chi connectivity index (χ1) is 9.06. The monoisotopic (exact) mass is 257 g/mol. The van der Waals surface area contributed by atoms with Gasteiger partial charge in [0, 0.05) is 5.56 Å². The summed E-state index contributed by atoms with van der Waals surface area (Å²) >= 11 is 0.